The van der Waals surface area contributed by atoms with Crippen LogP contribution < -0.4 is 10.6 Å². The maximum Gasteiger partial charge on any atom is 0.340 e. The van der Waals surface area contributed by atoms with Crippen LogP contribution in [0.2, 0.25) is 5.02 Å². The number of anilines is 2. The van der Waals surface area contributed by atoms with Gasteiger partial charge >= 0.3 is 5.97 Å². The van der Waals surface area contributed by atoms with Gasteiger partial charge in [0, 0.05) is 9.90 Å². The normalized spacial score (nSPS) is 10.2. The molecule has 2 rings (SSSR count). The second-order valence-electron chi connectivity index (χ2n) is 4.54. The van der Waals surface area contributed by atoms with Crippen LogP contribution in [0.5, 0.6) is 5.75 Å². The number of aromatic hydroxyl groups is 1. The van der Waals surface area contributed by atoms with E-state index in [0.717, 1.165) is 11.3 Å². The minimum absolute atomic E-state index is 0.0205. The second-order valence-corrected chi connectivity index (χ2v) is 6.52. The number of carbonyl (C=O) groups excluding carboxylic acids is 1. The van der Waals surface area contributed by atoms with Gasteiger partial charge in [0.05, 0.1) is 18.4 Å². The van der Waals surface area contributed by atoms with Gasteiger partial charge in [-0.1, -0.05) is 18.5 Å². The molecule has 23 heavy (non-hydrogen) atoms. The number of hydrogen-bond acceptors (Lipinski definition) is 5. The Morgan fingerprint density at radius 3 is 2.78 bits per heavy atom. The van der Waals surface area contributed by atoms with E-state index in [2.05, 4.69) is 10.6 Å². The van der Waals surface area contributed by atoms with Gasteiger partial charge in [0.1, 0.15) is 10.8 Å². The Labute approximate surface area is 148 Å². The van der Waals surface area contributed by atoms with Crippen molar-refractivity contribution in [3.8, 4) is 5.75 Å². The van der Waals surface area contributed by atoms with E-state index < -0.39 is 5.97 Å². The SMILES string of the molecule is CCc1cc(C(=O)OC)c(NC(=S)Nc2cc(Cl)ccc2O)s1. The van der Waals surface area contributed by atoms with Crippen molar-refractivity contribution in [2.24, 2.45) is 0 Å². The zero-order valence-corrected chi connectivity index (χ0v) is 14.9. The number of phenolic OH excluding ortho intramolecular Hbond substituents is 1. The Kier molecular flexibility index (Phi) is 5.81. The fraction of sp³-hybridized carbons (Fsp3) is 0.200. The van der Waals surface area contributed by atoms with Crippen molar-refractivity contribution in [2.45, 2.75) is 13.3 Å². The number of ether oxygens (including phenoxy) is 1. The summed E-state index contributed by atoms with van der Waals surface area (Å²) in [7, 11) is 1.33. The average Bonchev–Trinajstić information content (AvgIpc) is 2.93. The third-order valence-corrected chi connectivity index (χ3v) is 4.60. The molecule has 2 aromatic rings. The van der Waals surface area contributed by atoms with Crippen LogP contribution in [-0.2, 0) is 11.2 Å². The minimum atomic E-state index is -0.433. The molecule has 0 saturated heterocycles. The van der Waals surface area contributed by atoms with Gasteiger partial charge in [-0.3, -0.25) is 0 Å². The molecule has 0 fully saturated rings. The van der Waals surface area contributed by atoms with Crippen molar-refractivity contribution in [2.75, 3.05) is 17.7 Å². The van der Waals surface area contributed by atoms with Gasteiger partial charge in [0.25, 0.3) is 0 Å². The topological polar surface area (TPSA) is 70.6 Å². The zero-order chi connectivity index (χ0) is 17.0. The molecule has 0 amide bonds. The molecular formula is C15H15ClN2O3S2. The molecule has 122 valence electrons. The first-order chi connectivity index (χ1) is 10.9. The van der Waals surface area contributed by atoms with E-state index in [9.17, 15) is 9.90 Å². The van der Waals surface area contributed by atoms with Crippen LogP contribution in [0.1, 0.15) is 22.2 Å². The third-order valence-electron chi connectivity index (χ3n) is 2.97. The summed E-state index contributed by atoms with van der Waals surface area (Å²) in [5, 5.41) is 16.9. The third kappa shape index (κ3) is 4.34. The lowest BCUT2D eigenvalue weighted by molar-refractivity contribution is 0.0602. The molecule has 0 bridgehead atoms. The Hall–Kier alpha value is -1.83. The van der Waals surface area contributed by atoms with Gasteiger partial charge in [-0.2, -0.15) is 0 Å². The first-order valence-electron chi connectivity index (χ1n) is 6.72. The van der Waals surface area contributed by atoms with E-state index in [0.29, 0.717) is 21.3 Å². The summed E-state index contributed by atoms with van der Waals surface area (Å²) in [6, 6.07) is 6.37. The fourth-order valence-electron chi connectivity index (χ4n) is 1.84. The number of rotatable bonds is 4. The summed E-state index contributed by atoms with van der Waals surface area (Å²) in [4.78, 5) is 12.9. The van der Waals surface area contributed by atoms with E-state index >= 15 is 0 Å². The van der Waals surface area contributed by atoms with Crippen molar-refractivity contribution in [1.29, 1.82) is 0 Å². The molecule has 0 atom stereocenters. The van der Waals surface area contributed by atoms with Gasteiger partial charge in [0.2, 0.25) is 0 Å². The molecule has 0 aliphatic rings. The van der Waals surface area contributed by atoms with E-state index in [1.165, 1.54) is 24.5 Å². The van der Waals surface area contributed by atoms with E-state index in [1.54, 1.807) is 18.2 Å². The summed E-state index contributed by atoms with van der Waals surface area (Å²) in [6.45, 7) is 2.00. The highest BCUT2D eigenvalue weighted by Crippen LogP contribution is 2.30. The van der Waals surface area contributed by atoms with Crippen LogP contribution in [0.25, 0.3) is 0 Å². The van der Waals surface area contributed by atoms with Crippen LogP contribution >= 0.6 is 35.2 Å². The van der Waals surface area contributed by atoms with Crippen molar-refractivity contribution < 1.29 is 14.6 Å². The number of aryl methyl sites for hydroxylation is 1. The standard InChI is InChI=1S/C15H15ClN2O3S2/c1-3-9-7-10(14(20)21-2)13(23-9)18-15(22)17-11-6-8(16)4-5-12(11)19/h4-7,19H,3H2,1-2H3,(H2,17,18,22). The largest absolute Gasteiger partial charge is 0.506 e. The number of esters is 1. The summed E-state index contributed by atoms with van der Waals surface area (Å²) < 4.78 is 4.78. The smallest absolute Gasteiger partial charge is 0.340 e. The number of methoxy groups -OCH3 is 1. The van der Waals surface area contributed by atoms with Crippen LogP contribution in [0, 0.1) is 0 Å². The minimum Gasteiger partial charge on any atom is -0.506 e. The monoisotopic (exact) mass is 370 g/mol. The number of thiocarbonyl (C=S) groups is 1. The fourth-order valence-corrected chi connectivity index (χ4v) is 3.27. The highest BCUT2D eigenvalue weighted by atomic mass is 35.5. The molecule has 0 aliphatic heterocycles. The second kappa shape index (κ2) is 7.63. The van der Waals surface area contributed by atoms with E-state index in [-0.39, 0.29) is 10.9 Å². The zero-order valence-electron chi connectivity index (χ0n) is 12.5. The Balaban J connectivity index is 2.18. The molecule has 1 aromatic carbocycles. The lowest BCUT2D eigenvalue weighted by Gasteiger charge is -2.11. The maximum absolute atomic E-state index is 11.8. The molecule has 8 heteroatoms. The molecule has 0 spiro atoms. The Bertz CT molecular complexity index is 746. The molecule has 1 aromatic heterocycles. The first kappa shape index (κ1) is 17.5. The van der Waals surface area contributed by atoms with Crippen LogP contribution in [-0.4, -0.2) is 23.3 Å². The molecule has 1 heterocycles. The first-order valence-corrected chi connectivity index (χ1v) is 8.32. The van der Waals surface area contributed by atoms with Crippen molar-refractivity contribution >= 4 is 56.9 Å². The van der Waals surface area contributed by atoms with Crippen LogP contribution in [0.15, 0.2) is 24.3 Å². The maximum atomic E-state index is 11.8. The number of halogens is 1. The van der Waals surface area contributed by atoms with E-state index in [1.807, 2.05) is 6.92 Å². The number of phenols is 1. The number of hydrogen-bond donors (Lipinski definition) is 3. The number of carbonyl (C=O) groups is 1. The van der Waals surface area contributed by atoms with Gasteiger partial charge in [0.15, 0.2) is 5.11 Å². The molecule has 0 aliphatic carbocycles. The predicted octanol–water partition coefficient (Wildman–Crippen LogP) is 4.27. The van der Waals surface area contributed by atoms with Gasteiger partial charge in [-0.15, -0.1) is 11.3 Å². The highest BCUT2D eigenvalue weighted by molar-refractivity contribution is 7.80. The summed E-state index contributed by atoms with van der Waals surface area (Å²) in [6.07, 6.45) is 0.797. The highest BCUT2D eigenvalue weighted by Gasteiger charge is 2.17. The molecular weight excluding hydrogens is 356 g/mol. The predicted molar refractivity (Wildman–Crippen MR) is 98.0 cm³/mol. The summed E-state index contributed by atoms with van der Waals surface area (Å²) in [5.74, 6) is -0.413. The lowest BCUT2D eigenvalue weighted by Crippen LogP contribution is -2.20. The van der Waals surface area contributed by atoms with Gasteiger partial charge in [-0.05, 0) is 42.9 Å². The number of benzene rings is 1. The van der Waals surface area contributed by atoms with E-state index in [4.69, 9.17) is 28.6 Å². The van der Waals surface area contributed by atoms with Crippen molar-refractivity contribution in [3.63, 3.8) is 0 Å². The molecule has 0 unspecified atom stereocenters. The molecule has 0 radical (unpaired) electrons. The van der Waals surface area contributed by atoms with Crippen LogP contribution in [0.4, 0.5) is 10.7 Å². The van der Waals surface area contributed by atoms with Crippen molar-refractivity contribution in [1.82, 2.24) is 0 Å². The summed E-state index contributed by atoms with van der Waals surface area (Å²) in [5.41, 5.74) is 0.802. The number of thiophene rings is 1. The van der Waals surface area contributed by atoms with Gasteiger partial charge < -0.3 is 20.5 Å². The van der Waals surface area contributed by atoms with Crippen LogP contribution in [0.3, 0.4) is 0 Å². The average molecular weight is 371 g/mol. The molecule has 3 N–H and O–H groups in total. The molecule has 0 saturated carbocycles. The van der Waals surface area contributed by atoms with Crippen molar-refractivity contribution in [3.05, 3.63) is 39.7 Å². The van der Waals surface area contributed by atoms with Gasteiger partial charge in [-0.25, -0.2) is 4.79 Å². The Morgan fingerprint density at radius 2 is 2.13 bits per heavy atom. The summed E-state index contributed by atoms with van der Waals surface area (Å²) >= 11 is 12.5. The lowest BCUT2D eigenvalue weighted by atomic mass is 10.2. The Morgan fingerprint density at radius 1 is 1.39 bits per heavy atom. The molecule has 5 nitrogen and oxygen atoms in total. The quantitative estimate of drug-likeness (QED) is 0.424. The number of nitrogens with one attached hydrogen (secondary N) is 2.